The molecule has 11 aromatic rings. The van der Waals surface area contributed by atoms with Gasteiger partial charge in [-0.3, -0.25) is 0 Å². The lowest BCUT2D eigenvalue weighted by Gasteiger charge is -2.21. The second-order valence-corrected chi connectivity index (χ2v) is 16.7. The lowest BCUT2D eigenvalue weighted by molar-refractivity contribution is 0.661. The summed E-state index contributed by atoms with van der Waals surface area (Å²) in [6.45, 7) is 4.67. The van der Waals surface area contributed by atoms with Crippen LogP contribution in [0.15, 0.2) is 200 Å². The van der Waals surface area contributed by atoms with Crippen LogP contribution >= 0.6 is 0 Å². The zero-order valence-electron chi connectivity index (χ0n) is 35.2. The molecule has 7 nitrogen and oxygen atoms in total. The van der Waals surface area contributed by atoms with Gasteiger partial charge >= 0.3 is 0 Å². The van der Waals surface area contributed by atoms with Crippen LogP contribution in [0.4, 0.5) is 0 Å². The molecule has 0 saturated carbocycles. The first-order valence-electron chi connectivity index (χ1n) is 21.6. The van der Waals surface area contributed by atoms with Gasteiger partial charge in [0, 0.05) is 55.1 Å². The lowest BCUT2D eigenvalue weighted by Crippen LogP contribution is -2.14. The Bertz CT molecular complexity index is 3450. The summed E-state index contributed by atoms with van der Waals surface area (Å²) in [5.41, 5.74) is 13.3. The highest BCUT2D eigenvalue weighted by Crippen LogP contribution is 2.53. The van der Waals surface area contributed by atoms with Gasteiger partial charge in [-0.1, -0.05) is 190 Å². The predicted molar refractivity (Wildman–Crippen MR) is 258 cm³/mol. The largest absolute Gasteiger partial charge is 0.308 e. The van der Waals surface area contributed by atoms with E-state index in [1.165, 1.54) is 33.0 Å². The first-order chi connectivity index (χ1) is 31.5. The number of hydrogen-bond acceptors (Lipinski definition) is 6. The summed E-state index contributed by atoms with van der Waals surface area (Å²) >= 11 is 0. The second kappa shape index (κ2) is 14.9. The SMILES string of the molecule is CC1(C)c2ccccc2-c2c1ccc1c3ccccc3n(-c3ccc(-c4nc(-c5ccccc5)nc(-c5ccccc5)n4)cc3-c3nc(-c4ccccc4)nc(-c4ccccc4)n3)c21. The van der Waals surface area contributed by atoms with E-state index in [0.717, 1.165) is 50.1 Å². The van der Waals surface area contributed by atoms with Gasteiger partial charge in [0.05, 0.1) is 16.7 Å². The molecule has 1 aliphatic rings. The van der Waals surface area contributed by atoms with Crippen molar-refractivity contribution in [1.82, 2.24) is 34.5 Å². The average molecular weight is 822 g/mol. The van der Waals surface area contributed by atoms with Gasteiger partial charge in [-0.15, -0.1) is 0 Å². The van der Waals surface area contributed by atoms with E-state index in [2.05, 4.69) is 97.3 Å². The molecule has 12 rings (SSSR count). The van der Waals surface area contributed by atoms with Crippen LogP contribution in [-0.2, 0) is 5.41 Å². The predicted octanol–water partition coefficient (Wildman–Crippen LogP) is 13.5. The van der Waals surface area contributed by atoms with E-state index in [0.29, 0.717) is 34.9 Å². The maximum Gasteiger partial charge on any atom is 0.166 e. The van der Waals surface area contributed by atoms with Crippen molar-refractivity contribution in [3.8, 4) is 85.1 Å². The molecule has 0 amide bonds. The Morgan fingerprint density at radius 3 is 1.34 bits per heavy atom. The molecule has 64 heavy (non-hydrogen) atoms. The summed E-state index contributed by atoms with van der Waals surface area (Å²) in [7, 11) is 0. The van der Waals surface area contributed by atoms with Gasteiger partial charge in [0.25, 0.3) is 0 Å². The van der Waals surface area contributed by atoms with Crippen LogP contribution in [-0.4, -0.2) is 34.5 Å². The average Bonchev–Trinajstić information content (AvgIpc) is 3.82. The fourth-order valence-corrected chi connectivity index (χ4v) is 9.41. The Morgan fingerprint density at radius 2 is 0.797 bits per heavy atom. The quantitative estimate of drug-likeness (QED) is 0.159. The van der Waals surface area contributed by atoms with Crippen molar-refractivity contribution in [1.29, 1.82) is 0 Å². The summed E-state index contributed by atoms with van der Waals surface area (Å²) in [6.07, 6.45) is 0. The van der Waals surface area contributed by atoms with E-state index < -0.39 is 0 Å². The normalized spacial score (nSPS) is 12.7. The van der Waals surface area contributed by atoms with E-state index in [1.807, 2.05) is 121 Å². The molecule has 0 saturated heterocycles. The molecule has 1 aliphatic carbocycles. The van der Waals surface area contributed by atoms with Gasteiger partial charge in [0.2, 0.25) is 0 Å². The number of benzene rings is 8. The molecule has 3 aromatic heterocycles. The summed E-state index contributed by atoms with van der Waals surface area (Å²) in [6, 6.07) is 69.0. The van der Waals surface area contributed by atoms with Crippen molar-refractivity contribution in [2.24, 2.45) is 0 Å². The van der Waals surface area contributed by atoms with Crippen LogP contribution in [0.3, 0.4) is 0 Å². The minimum atomic E-state index is -0.191. The zero-order chi connectivity index (χ0) is 42.8. The molecule has 0 spiro atoms. The summed E-state index contributed by atoms with van der Waals surface area (Å²) in [5.74, 6) is 3.42. The molecule has 302 valence electrons. The number of nitrogens with zero attached hydrogens (tertiary/aromatic N) is 7. The molecule has 0 atom stereocenters. The minimum Gasteiger partial charge on any atom is -0.308 e. The molecular weight excluding hydrogens is 783 g/mol. The molecule has 3 heterocycles. The molecular formula is C57H39N7. The number of aromatic nitrogens is 7. The monoisotopic (exact) mass is 821 g/mol. The Labute approximate surface area is 370 Å². The topological polar surface area (TPSA) is 82.3 Å². The third kappa shape index (κ3) is 6.12. The molecule has 0 bridgehead atoms. The number of para-hydroxylation sites is 1. The van der Waals surface area contributed by atoms with Crippen LogP contribution in [0.2, 0.25) is 0 Å². The van der Waals surface area contributed by atoms with Crippen molar-refractivity contribution >= 4 is 21.8 Å². The Hall–Kier alpha value is -8.42. The third-order valence-electron chi connectivity index (χ3n) is 12.5. The summed E-state index contributed by atoms with van der Waals surface area (Å²) in [5, 5.41) is 2.35. The van der Waals surface area contributed by atoms with Crippen LogP contribution < -0.4 is 0 Å². The van der Waals surface area contributed by atoms with Gasteiger partial charge in [-0.25, -0.2) is 29.9 Å². The van der Waals surface area contributed by atoms with Gasteiger partial charge in [-0.2, -0.15) is 0 Å². The van der Waals surface area contributed by atoms with E-state index in [4.69, 9.17) is 29.9 Å². The molecule has 8 aromatic carbocycles. The Kier molecular flexibility index (Phi) is 8.69. The smallest absolute Gasteiger partial charge is 0.166 e. The van der Waals surface area contributed by atoms with Crippen LogP contribution in [0.1, 0.15) is 25.0 Å². The van der Waals surface area contributed by atoms with Crippen molar-refractivity contribution in [3.63, 3.8) is 0 Å². The Morgan fingerprint density at radius 1 is 0.344 bits per heavy atom. The summed E-state index contributed by atoms with van der Waals surface area (Å²) < 4.78 is 2.42. The highest BCUT2D eigenvalue weighted by atomic mass is 15.1. The minimum absolute atomic E-state index is 0.191. The highest BCUT2D eigenvalue weighted by Gasteiger charge is 2.38. The zero-order valence-corrected chi connectivity index (χ0v) is 35.2. The Balaban J connectivity index is 1.19. The van der Waals surface area contributed by atoms with Crippen molar-refractivity contribution in [2.75, 3.05) is 0 Å². The van der Waals surface area contributed by atoms with E-state index in [9.17, 15) is 0 Å². The van der Waals surface area contributed by atoms with Crippen LogP contribution in [0, 0.1) is 0 Å². The van der Waals surface area contributed by atoms with Crippen molar-refractivity contribution in [3.05, 3.63) is 211 Å². The second-order valence-electron chi connectivity index (χ2n) is 16.7. The number of fused-ring (bicyclic) bond motifs is 7. The fourth-order valence-electron chi connectivity index (χ4n) is 9.41. The molecule has 7 heteroatoms. The van der Waals surface area contributed by atoms with Gasteiger partial charge in [0.1, 0.15) is 0 Å². The first kappa shape index (κ1) is 37.4. The fraction of sp³-hybridized carbons (Fsp3) is 0.0526. The lowest BCUT2D eigenvalue weighted by atomic mass is 9.82. The molecule has 0 radical (unpaired) electrons. The van der Waals surface area contributed by atoms with Crippen molar-refractivity contribution in [2.45, 2.75) is 19.3 Å². The van der Waals surface area contributed by atoms with Crippen molar-refractivity contribution < 1.29 is 0 Å². The van der Waals surface area contributed by atoms with Crippen LogP contribution in [0.25, 0.3) is 107 Å². The third-order valence-corrected chi connectivity index (χ3v) is 12.5. The van der Waals surface area contributed by atoms with E-state index >= 15 is 0 Å². The summed E-state index contributed by atoms with van der Waals surface area (Å²) in [4.78, 5) is 31.1. The molecule has 0 unspecified atom stereocenters. The maximum atomic E-state index is 5.34. The molecule has 0 N–H and O–H groups in total. The van der Waals surface area contributed by atoms with Gasteiger partial charge in [-0.05, 0) is 41.0 Å². The number of hydrogen-bond donors (Lipinski definition) is 0. The van der Waals surface area contributed by atoms with E-state index in [-0.39, 0.29) is 5.41 Å². The van der Waals surface area contributed by atoms with Gasteiger partial charge < -0.3 is 4.57 Å². The maximum absolute atomic E-state index is 5.34. The van der Waals surface area contributed by atoms with Gasteiger partial charge in [0.15, 0.2) is 34.9 Å². The standard InChI is InChI=1S/C57H39N7/c1-57(2)45-29-17-15-28-43(45)49-46(57)33-32-42-41-27-16-18-30-47(41)64(50(42)49)48-34-31-40(55-60-51(36-19-7-3-8-20-36)58-52(61-55)37-21-9-4-10-22-37)35-44(48)56-62-53(38-23-11-5-12-24-38)59-54(63-56)39-25-13-6-14-26-39/h3-35H,1-2H3. The first-order valence-corrected chi connectivity index (χ1v) is 21.6. The molecule has 0 fully saturated rings. The van der Waals surface area contributed by atoms with E-state index in [1.54, 1.807) is 0 Å². The van der Waals surface area contributed by atoms with Crippen LogP contribution in [0.5, 0.6) is 0 Å². The highest BCUT2D eigenvalue weighted by molar-refractivity contribution is 6.16. The number of rotatable bonds is 7. The molecule has 0 aliphatic heterocycles.